The number of halogens is 1. The normalized spacial score (nSPS) is 14.2. The number of nitrogens with zero attached hydrogens (tertiary/aromatic N) is 2. The van der Waals surface area contributed by atoms with Crippen LogP contribution in [0.3, 0.4) is 0 Å². The van der Waals surface area contributed by atoms with Gasteiger partial charge in [0.2, 0.25) is 0 Å². The van der Waals surface area contributed by atoms with Gasteiger partial charge in [0, 0.05) is 53.4 Å². The summed E-state index contributed by atoms with van der Waals surface area (Å²) < 4.78 is 0. The molecule has 138 valence electrons. The Hall–Kier alpha value is -2.41. The number of piperazine rings is 1. The zero-order chi connectivity index (χ0) is 18.6. The van der Waals surface area contributed by atoms with Crippen molar-refractivity contribution in [3.63, 3.8) is 0 Å². The fourth-order valence-electron chi connectivity index (χ4n) is 3.04. The van der Waals surface area contributed by atoms with Gasteiger partial charge < -0.3 is 10.2 Å². The summed E-state index contributed by atoms with van der Waals surface area (Å²) in [6.07, 6.45) is 0. The van der Waals surface area contributed by atoms with E-state index in [0.29, 0.717) is 15.7 Å². The van der Waals surface area contributed by atoms with E-state index in [0.717, 1.165) is 43.1 Å². The van der Waals surface area contributed by atoms with Crippen LogP contribution in [0.2, 0.25) is 5.02 Å². The molecule has 0 unspecified atom stereocenters. The average molecular weight is 399 g/mol. The van der Waals surface area contributed by atoms with Crippen LogP contribution in [0.1, 0.15) is 10.4 Å². The molecule has 2 aromatic carbocycles. The van der Waals surface area contributed by atoms with Crippen LogP contribution in [0.4, 0.5) is 10.8 Å². The number of aromatic nitrogens is 1. The highest BCUT2D eigenvalue weighted by atomic mass is 35.5. The van der Waals surface area contributed by atoms with Gasteiger partial charge in [-0.05, 0) is 30.3 Å². The smallest absolute Gasteiger partial charge is 0.257 e. The van der Waals surface area contributed by atoms with E-state index in [4.69, 9.17) is 11.6 Å². The molecule has 1 fully saturated rings. The molecule has 1 aliphatic rings. The second-order valence-corrected chi connectivity index (χ2v) is 7.52. The summed E-state index contributed by atoms with van der Waals surface area (Å²) in [5.41, 5.74) is 3.37. The largest absolute Gasteiger partial charge is 0.369 e. The maximum atomic E-state index is 12.5. The first-order valence-corrected chi connectivity index (χ1v) is 10.0. The van der Waals surface area contributed by atoms with E-state index >= 15 is 0 Å². The van der Waals surface area contributed by atoms with Crippen molar-refractivity contribution in [1.29, 1.82) is 0 Å². The number of benzene rings is 2. The molecule has 1 amide bonds. The first kappa shape index (κ1) is 18.0. The van der Waals surface area contributed by atoms with Gasteiger partial charge in [-0.3, -0.25) is 10.1 Å². The van der Waals surface area contributed by atoms with Crippen LogP contribution in [0.5, 0.6) is 0 Å². The van der Waals surface area contributed by atoms with Crippen molar-refractivity contribution < 1.29 is 4.79 Å². The fraction of sp³-hybridized carbons (Fsp3) is 0.200. The number of thiazole rings is 1. The number of nitrogens with one attached hydrogen (secondary N) is 2. The summed E-state index contributed by atoms with van der Waals surface area (Å²) in [7, 11) is 0. The Morgan fingerprint density at radius 3 is 2.59 bits per heavy atom. The van der Waals surface area contributed by atoms with Gasteiger partial charge in [-0.1, -0.05) is 29.8 Å². The van der Waals surface area contributed by atoms with Gasteiger partial charge in [0.05, 0.1) is 5.69 Å². The highest BCUT2D eigenvalue weighted by molar-refractivity contribution is 7.14. The molecule has 0 aliphatic carbocycles. The van der Waals surface area contributed by atoms with Gasteiger partial charge in [0.15, 0.2) is 5.13 Å². The van der Waals surface area contributed by atoms with Crippen molar-refractivity contribution in [2.75, 3.05) is 36.4 Å². The zero-order valence-electron chi connectivity index (χ0n) is 14.6. The third kappa shape index (κ3) is 4.13. The summed E-state index contributed by atoms with van der Waals surface area (Å²) in [4.78, 5) is 19.3. The predicted molar refractivity (Wildman–Crippen MR) is 112 cm³/mol. The molecule has 0 spiro atoms. The molecule has 2 N–H and O–H groups in total. The Labute approximate surface area is 167 Å². The molecule has 7 heteroatoms. The quantitative estimate of drug-likeness (QED) is 0.693. The van der Waals surface area contributed by atoms with Gasteiger partial charge in [-0.25, -0.2) is 4.98 Å². The maximum absolute atomic E-state index is 12.5. The van der Waals surface area contributed by atoms with E-state index in [-0.39, 0.29) is 5.91 Å². The minimum atomic E-state index is -0.165. The standard InChI is InChI=1S/C20H19ClN4OS/c21-17-4-2-1-3-16(17)18-13-27-20(23-18)24-19(26)14-5-7-15(8-6-14)25-11-9-22-10-12-25/h1-8,13,22H,9-12H2,(H,23,24,26). The third-order valence-electron chi connectivity index (χ3n) is 4.49. The minimum absolute atomic E-state index is 0.165. The third-order valence-corrected chi connectivity index (χ3v) is 5.57. The number of anilines is 2. The van der Waals surface area contributed by atoms with E-state index in [1.165, 1.54) is 11.3 Å². The van der Waals surface area contributed by atoms with Crippen molar-refractivity contribution in [2.24, 2.45) is 0 Å². The lowest BCUT2D eigenvalue weighted by Crippen LogP contribution is -2.43. The summed E-state index contributed by atoms with van der Waals surface area (Å²) >= 11 is 7.60. The zero-order valence-corrected chi connectivity index (χ0v) is 16.2. The van der Waals surface area contributed by atoms with Crippen molar-refractivity contribution >= 4 is 39.7 Å². The summed E-state index contributed by atoms with van der Waals surface area (Å²) in [5, 5.41) is 9.30. The van der Waals surface area contributed by atoms with E-state index in [9.17, 15) is 4.79 Å². The highest BCUT2D eigenvalue weighted by Gasteiger charge is 2.13. The lowest BCUT2D eigenvalue weighted by Gasteiger charge is -2.29. The number of amides is 1. The number of carbonyl (C=O) groups excluding carboxylic acids is 1. The van der Waals surface area contributed by atoms with Gasteiger partial charge >= 0.3 is 0 Å². The van der Waals surface area contributed by atoms with E-state index in [1.54, 1.807) is 0 Å². The molecular formula is C20H19ClN4OS. The Morgan fingerprint density at radius 2 is 1.85 bits per heavy atom. The molecule has 1 saturated heterocycles. The van der Waals surface area contributed by atoms with Crippen LogP contribution in [0.15, 0.2) is 53.9 Å². The minimum Gasteiger partial charge on any atom is -0.369 e. The molecule has 5 nitrogen and oxygen atoms in total. The fourth-order valence-corrected chi connectivity index (χ4v) is 3.98. The molecular weight excluding hydrogens is 380 g/mol. The maximum Gasteiger partial charge on any atom is 0.257 e. The highest BCUT2D eigenvalue weighted by Crippen LogP contribution is 2.30. The first-order valence-electron chi connectivity index (χ1n) is 8.78. The molecule has 3 aromatic rings. The Morgan fingerprint density at radius 1 is 1.11 bits per heavy atom. The second-order valence-electron chi connectivity index (χ2n) is 6.26. The van der Waals surface area contributed by atoms with Crippen LogP contribution in [0, 0.1) is 0 Å². The second kappa shape index (κ2) is 8.08. The summed E-state index contributed by atoms with van der Waals surface area (Å²) in [5.74, 6) is -0.165. The molecule has 0 atom stereocenters. The van der Waals surface area contributed by atoms with Crippen LogP contribution in [-0.2, 0) is 0 Å². The van der Waals surface area contributed by atoms with Gasteiger partial charge in [-0.2, -0.15) is 0 Å². The lowest BCUT2D eigenvalue weighted by atomic mass is 10.1. The number of hydrogen-bond donors (Lipinski definition) is 2. The topological polar surface area (TPSA) is 57.3 Å². The molecule has 0 bridgehead atoms. The first-order chi connectivity index (χ1) is 13.2. The number of rotatable bonds is 4. The predicted octanol–water partition coefficient (Wildman–Crippen LogP) is 4.13. The molecule has 1 aliphatic heterocycles. The molecule has 0 saturated carbocycles. The SMILES string of the molecule is O=C(Nc1nc(-c2ccccc2Cl)cs1)c1ccc(N2CCNCC2)cc1. The van der Waals surface area contributed by atoms with Crippen molar-refractivity contribution in [2.45, 2.75) is 0 Å². The van der Waals surface area contributed by atoms with E-state index < -0.39 is 0 Å². The van der Waals surface area contributed by atoms with Crippen LogP contribution < -0.4 is 15.5 Å². The number of carbonyl (C=O) groups is 1. The molecule has 2 heterocycles. The molecule has 0 radical (unpaired) electrons. The van der Waals surface area contributed by atoms with Gasteiger partial charge in [-0.15, -0.1) is 11.3 Å². The van der Waals surface area contributed by atoms with E-state index in [2.05, 4.69) is 20.5 Å². The Balaban J connectivity index is 1.44. The monoisotopic (exact) mass is 398 g/mol. The van der Waals surface area contributed by atoms with Crippen molar-refractivity contribution in [1.82, 2.24) is 10.3 Å². The Bertz CT molecular complexity index is 935. The molecule has 4 rings (SSSR count). The molecule has 27 heavy (non-hydrogen) atoms. The van der Waals surface area contributed by atoms with Crippen molar-refractivity contribution in [3.8, 4) is 11.3 Å². The Kier molecular flexibility index (Phi) is 5.38. The van der Waals surface area contributed by atoms with Gasteiger partial charge in [0.1, 0.15) is 0 Å². The van der Waals surface area contributed by atoms with Crippen molar-refractivity contribution in [3.05, 3.63) is 64.5 Å². The number of hydrogen-bond acceptors (Lipinski definition) is 5. The van der Waals surface area contributed by atoms with Gasteiger partial charge in [0.25, 0.3) is 5.91 Å². The molecule has 1 aromatic heterocycles. The van der Waals surface area contributed by atoms with Crippen LogP contribution in [0.25, 0.3) is 11.3 Å². The van der Waals surface area contributed by atoms with Crippen LogP contribution in [-0.4, -0.2) is 37.1 Å². The lowest BCUT2D eigenvalue weighted by molar-refractivity contribution is 0.102. The summed E-state index contributed by atoms with van der Waals surface area (Å²) in [6.45, 7) is 3.94. The van der Waals surface area contributed by atoms with Crippen LogP contribution >= 0.6 is 22.9 Å². The average Bonchev–Trinajstić information content (AvgIpc) is 3.17. The van der Waals surface area contributed by atoms with E-state index in [1.807, 2.05) is 53.9 Å². The summed E-state index contributed by atoms with van der Waals surface area (Å²) in [6, 6.07) is 15.2.